The Labute approximate surface area is 168 Å². The van der Waals surface area contributed by atoms with Crippen LogP contribution in [0.15, 0.2) is 10.4 Å². The van der Waals surface area contributed by atoms with Gasteiger partial charge in [-0.3, -0.25) is 4.90 Å². The van der Waals surface area contributed by atoms with Gasteiger partial charge in [0.25, 0.3) is 0 Å². The molecule has 1 fully saturated rings. The van der Waals surface area contributed by atoms with Crippen LogP contribution in [0.25, 0.3) is 0 Å². The SMILES string of the molecule is CCNC(=NCc1nc(C(C)C)cs1)NCC(C)(C)N1CC(C)OC(C)C1. The summed E-state index contributed by atoms with van der Waals surface area (Å²) in [6.45, 7) is 19.5. The monoisotopic (exact) mass is 395 g/mol. The standard InChI is InChI=1S/C20H37N5OS/c1-8-21-19(22-9-18-24-17(12-27-18)14(2)3)23-13-20(6,7)25-10-15(4)26-16(5)11-25/h12,14-16H,8-11,13H2,1-7H3,(H2,21,22,23). The summed E-state index contributed by atoms with van der Waals surface area (Å²) < 4.78 is 5.88. The smallest absolute Gasteiger partial charge is 0.191 e. The first-order valence-electron chi connectivity index (χ1n) is 10.1. The number of hydrogen-bond donors (Lipinski definition) is 2. The van der Waals surface area contributed by atoms with Crippen LogP contribution in [0.1, 0.15) is 65.1 Å². The van der Waals surface area contributed by atoms with Crippen LogP contribution < -0.4 is 10.6 Å². The molecule has 2 unspecified atom stereocenters. The van der Waals surface area contributed by atoms with E-state index in [9.17, 15) is 0 Å². The second-order valence-electron chi connectivity index (χ2n) is 8.34. The normalized spacial score (nSPS) is 22.3. The Bertz CT molecular complexity index is 603. The zero-order chi connectivity index (χ0) is 20.0. The quantitative estimate of drug-likeness (QED) is 0.548. The lowest BCUT2D eigenvalue weighted by atomic mass is 10.00. The van der Waals surface area contributed by atoms with Crippen molar-refractivity contribution < 1.29 is 4.74 Å². The highest BCUT2D eigenvalue weighted by Crippen LogP contribution is 2.21. The Balaban J connectivity index is 1.95. The predicted octanol–water partition coefficient (Wildman–Crippen LogP) is 3.21. The fourth-order valence-electron chi connectivity index (χ4n) is 3.24. The molecule has 0 bridgehead atoms. The van der Waals surface area contributed by atoms with Gasteiger partial charge in [0.05, 0.1) is 24.4 Å². The number of guanidine groups is 1. The van der Waals surface area contributed by atoms with Crippen LogP contribution in [-0.2, 0) is 11.3 Å². The largest absolute Gasteiger partial charge is 0.373 e. The molecule has 0 amide bonds. The summed E-state index contributed by atoms with van der Waals surface area (Å²) in [5.41, 5.74) is 1.17. The van der Waals surface area contributed by atoms with E-state index in [1.165, 1.54) is 0 Å². The molecule has 2 N–H and O–H groups in total. The van der Waals surface area contributed by atoms with Crippen LogP contribution in [0.5, 0.6) is 0 Å². The van der Waals surface area contributed by atoms with Gasteiger partial charge < -0.3 is 15.4 Å². The van der Waals surface area contributed by atoms with E-state index in [2.05, 4.69) is 74.4 Å². The molecule has 0 aromatic carbocycles. The van der Waals surface area contributed by atoms with E-state index < -0.39 is 0 Å². The van der Waals surface area contributed by atoms with Crippen LogP contribution in [0.3, 0.4) is 0 Å². The van der Waals surface area contributed by atoms with E-state index in [0.717, 1.165) is 42.8 Å². The van der Waals surface area contributed by atoms with Crippen molar-refractivity contribution in [2.24, 2.45) is 4.99 Å². The number of aliphatic imine (C=N–C) groups is 1. The maximum absolute atomic E-state index is 5.88. The van der Waals surface area contributed by atoms with E-state index in [0.29, 0.717) is 12.5 Å². The van der Waals surface area contributed by atoms with Crippen molar-refractivity contribution in [2.75, 3.05) is 26.2 Å². The first kappa shape index (κ1) is 22.1. The van der Waals surface area contributed by atoms with Gasteiger partial charge in [-0.05, 0) is 40.5 Å². The van der Waals surface area contributed by atoms with Gasteiger partial charge in [0.1, 0.15) is 5.01 Å². The summed E-state index contributed by atoms with van der Waals surface area (Å²) in [6.07, 6.45) is 0.546. The van der Waals surface area contributed by atoms with E-state index in [4.69, 9.17) is 9.73 Å². The van der Waals surface area contributed by atoms with Gasteiger partial charge in [0.2, 0.25) is 0 Å². The first-order valence-corrected chi connectivity index (χ1v) is 11.0. The molecule has 1 aromatic rings. The summed E-state index contributed by atoms with van der Waals surface area (Å²) in [5.74, 6) is 1.31. The zero-order valence-corrected chi connectivity index (χ0v) is 18.8. The van der Waals surface area contributed by atoms with Crippen LogP contribution in [-0.4, -0.2) is 59.8 Å². The average molecular weight is 396 g/mol. The molecule has 2 atom stereocenters. The lowest BCUT2D eigenvalue weighted by Gasteiger charge is -2.45. The van der Waals surface area contributed by atoms with Crippen LogP contribution in [0.4, 0.5) is 0 Å². The predicted molar refractivity (Wildman–Crippen MR) is 115 cm³/mol. The van der Waals surface area contributed by atoms with Crippen molar-refractivity contribution in [1.29, 1.82) is 0 Å². The van der Waals surface area contributed by atoms with Gasteiger partial charge in [-0.25, -0.2) is 9.98 Å². The maximum Gasteiger partial charge on any atom is 0.191 e. The van der Waals surface area contributed by atoms with Crippen molar-refractivity contribution in [2.45, 2.75) is 78.7 Å². The fraction of sp³-hybridized carbons (Fsp3) is 0.800. The zero-order valence-electron chi connectivity index (χ0n) is 18.0. The first-order chi connectivity index (χ1) is 12.7. The molecule has 1 aromatic heterocycles. The molecule has 1 saturated heterocycles. The van der Waals surface area contributed by atoms with Crippen LogP contribution in [0.2, 0.25) is 0 Å². The van der Waals surface area contributed by atoms with Gasteiger partial charge in [-0.15, -0.1) is 11.3 Å². The third-order valence-electron chi connectivity index (χ3n) is 4.84. The molecule has 0 aliphatic carbocycles. The number of ether oxygens (including phenoxy) is 1. The third kappa shape index (κ3) is 6.73. The number of rotatable bonds is 7. The molecular weight excluding hydrogens is 358 g/mol. The van der Waals surface area contributed by atoms with Crippen molar-refractivity contribution in [3.05, 3.63) is 16.1 Å². The van der Waals surface area contributed by atoms with Crippen molar-refractivity contribution in [3.63, 3.8) is 0 Å². The van der Waals surface area contributed by atoms with Crippen LogP contribution in [0, 0.1) is 0 Å². The molecule has 27 heavy (non-hydrogen) atoms. The molecule has 2 rings (SSSR count). The summed E-state index contributed by atoms with van der Waals surface area (Å²) in [4.78, 5) is 11.9. The highest BCUT2D eigenvalue weighted by atomic mass is 32.1. The minimum absolute atomic E-state index is 0.0223. The van der Waals surface area contributed by atoms with Crippen molar-refractivity contribution >= 4 is 17.3 Å². The Hall–Kier alpha value is -1.18. The van der Waals surface area contributed by atoms with Crippen LogP contribution >= 0.6 is 11.3 Å². The van der Waals surface area contributed by atoms with Crippen molar-refractivity contribution in [1.82, 2.24) is 20.5 Å². The van der Waals surface area contributed by atoms with Gasteiger partial charge in [-0.1, -0.05) is 13.8 Å². The lowest BCUT2D eigenvalue weighted by molar-refractivity contribution is -0.0946. The number of nitrogens with one attached hydrogen (secondary N) is 2. The van der Waals surface area contributed by atoms with Gasteiger partial charge >= 0.3 is 0 Å². The Morgan fingerprint density at radius 2 is 2.00 bits per heavy atom. The number of thiazole rings is 1. The number of hydrogen-bond acceptors (Lipinski definition) is 5. The molecule has 6 nitrogen and oxygen atoms in total. The summed E-state index contributed by atoms with van der Waals surface area (Å²) >= 11 is 1.69. The summed E-state index contributed by atoms with van der Waals surface area (Å²) in [7, 11) is 0. The Morgan fingerprint density at radius 1 is 1.33 bits per heavy atom. The fourth-order valence-corrected chi connectivity index (χ4v) is 4.11. The number of nitrogens with zero attached hydrogens (tertiary/aromatic N) is 3. The molecular formula is C20H37N5OS. The molecule has 154 valence electrons. The topological polar surface area (TPSA) is 61.8 Å². The molecule has 2 heterocycles. The minimum atomic E-state index is 0.0223. The van der Waals surface area contributed by atoms with Gasteiger partial charge in [0.15, 0.2) is 5.96 Å². The second-order valence-corrected chi connectivity index (χ2v) is 9.29. The molecule has 1 aliphatic rings. The van der Waals surface area contributed by atoms with Gasteiger partial charge in [0, 0.05) is 37.1 Å². The molecule has 1 aliphatic heterocycles. The number of aromatic nitrogens is 1. The Morgan fingerprint density at radius 3 is 2.56 bits per heavy atom. The Kier molecular flexibility index (Phi) is 8.06. The van der Waals surface area contributed by atoms with E-state index in [-0.39, 0.29) is 17.7 Å². The second kappa shape index (κ2) is 9.85. The molecule has 7 heteroatoms. The highest BCUT2D eigenvalue weighted by Gasteiger charge is 2.33. The minimum Gasteiger partial charge on any atom is -0.373 e. The summed E-state index contributed by atoms with van der Waals surface area (Å²) in [6, 6.07) is 0. The lowest BCUT2D eigenvalue weighted by Crippen LogP contribution is -2.59. The number of morpholine rings is 1. The maximum atomic E-state index is 5.88. The average Bonchev–Trinajstić information content (AvgIpc) is 3.06. The van der Waals surface area contributed by atoms with E-state index >= 15 is 0 Å². The molecule has 0 spiro atoms. The summed E-state index contributed by atoms with van der Waals surface area (Å²) in [5, 5.41) is 10.1. The van der Waals surface area contributed by atoms with Gasteiger partial charge in [-0.2, -0.15) is 0 Å². The molecule has 0 saturated carbocycles. The van der Waals surface area contributed by atoms with E-state index in [1.54, 1.807) is 11.3 Å². The molecule has 0 radical (unpaired) electrons. The third-order valence-corrected chi connectivity index (χ3v) is 5.69. The van der Waals surface area contributed by atoms with Crippen molar-refractivity contribution in [3.8, 4) is 0 Å². The highest BCUT2D eigenvalue weighted by molar-refractivity contribution is 7.09. The van der Waals surface area contributed by atoms with E-state index in [1.807, 2.05) is 0 Å².